The number of aliphatic hydroxyl groups is 5. The highest BCUT2D eigenvalue weighted by Gasteiger charge is 2.68. The molecule has 0 radical (unpaired) electrons. The number of hydrogen-bond acceptors (Lipinski definition) is 8. The highest BCUT2D eigenvalue weighted by Crippen LogP contribution is 2.74. The summed E-state index contributed by atoms with van der Waals surface area (Å²) in [6, 6.07) is 0. The summed E-state index contributed by atoms with van der Waals surface area (Å²) in [5.74, 6) is -0.0718. The zero-order valence-electron chi connectivity index (χ0n) is 27.8. The predicted molar refractivity (Wildman–Crippen MR) is 165 cm³/mol. The molecule has 248 valence electrons. The van der Waals surface area contributed by atoms with Gasteiger partial charge in [0.1, 0.15) is 24.4 Å². The van der Waals surface area contributed by atoms with Crippen molar-refractivity contribution in [2.75, 3.05) is 6.61 Å². The fourth-order valence-corrected chi connectivity index (χ4v) is 11.3. The van der Waals surface area contributed by atoms with E-state index in [1.54, 1.807) is 0 Å². The molecule has 0 bridgehead atoms. The van der Waals surface area contributed by atoms with E-state index in [9.17, 15) is 30.3 Å². The summed E-state index contributed by atoms with van der Waals surface area (Å²) in [5.41, 5.74) is 1.72. The number of allylic oxidation sites excluding steroid dienone is 4. The minimum Gasteiger partial charge on any atom is -0.432 e. The van der Waals surface area contributed by atoms with Crippen molar-refractivity contribution >= 4 is 5.97 Å². The van der Waals surface area contributed by atoms with Crippen LogP contribution in [0.25, 0.3) is 0 Å². The first kappa shape index (κ1) is 32.6. The van der Waals surface area contributed by atoms with E-state index >= 15 is 0 Å². The van der Waals surface area contributed by atoms with Crippen LogP contribution in [0.5, 0.6) is 0 Å². The maximum Gasteiger partial charge on any atom is 0.315 e. The number of esters is 1. The Bertz CT molecular complexity index is 1240. The Morgan fingerprint density at radius 1 is 0.841 bits per heavy atom. The van der Waals surface area contributed by atoms with Crippen LogP contribution in [-0.4, -0.2) is 74.9 Å². The highest BCUT2D eigenvalue weighted by molar-refractivity contribution is 5.79. The summed E-state index contributed by atoms with van der Waals surface area (Å²) in [4.78, 5) is 14.4. The Kier molecular flexibility index (Phi) is 7.68. The van der Waals surface area contributed by atoms with Crippen LogP contribution in [0.1, 0.15) is 106 Å². The van der Waals surface area contributed by atoms with Gasteiger partial charge in [0.05, 0.1) is 18.1 Å². The Morgan fingerprint density at radius 3 is 2.20 bits per heavy atom. The second kappa shape index (κ2) is 10.4. The lowest BCUT2D eigenvalue weighted by atomic mass is 9.36. The first-order valence-electron chi connectivity index (χ1n) is 17.0. The first-order chi connectivity index (χ1) is 20.4. The van der Waals surface area contributed by atoms with Crippen molar-refractivity contribution in [3.8, 4) is 0 Å². The molecule has 8 nitrogen and oxygen atoms in total. The van der Waals surface area contributed by atoms with E-state index in [4.69, 9.17) is 9.47 Å². The van der Waals surface area contributed by atoms with Crippen LogP contribution >= 0.6 is 0 Å². The van der Waals surface area contributed by atoms with Crippen LogP contribution in [0, 0.1) is 44.3 Å². The average molecular weight is 617 g/mol. The Labute approximate surface area is 262 Å². The highest BCUT2D eigenvalue weighted by atomic mass is 16.7. The SMILES string of the molecule is CC1(C)CCC2(C(=O)OC3OC(CO)C(O)C(O)C3O)CCC3(C)C(=CC=C4C5(C)CCC(O)C(C)(C)C5CCC43C)C2C1. The van der Waals surface area contributed by atoms with Gasteiger partial charge in [-0.25, -0.2) is 0 Å². The van der Waals surface area contributed by atoms with E-state index in [1.165, 1.54) is 11.1 Å². The van der Waals surface area contributed by atoms with Crippen molar-refractivity contribution in [3.05, 3.63) is 23.3 Å². The minimum atomic E-state index is -1.62. The number of aliphatic hydroxyl groups excluding tert-OH is 5. The van der Waals surface area contributed by atoms with E-state index in [-0.39, 0.29) is 39.1 Å². The zero-order valence-corrected chi connectivity index (χ0v) is 27.8. The smallest absolute Gasteiger partial charge is 0.315 e. The Hall–Kier alpha value is -1.29. The summed E-state index contributed by atoms with van der Waals surface area (Å²) in [5, 5.41) is 52.0. The molecule has 44 heavy (non-hydrogen) atoms. The van der Waals surface area contributed by atoms with E-state index in [0.717, 1.165) is 44.9 Å². The molecule has 0 spiro atoms. The minimum absolute atomic E-state index is 0.00315. The molecule has 0 amide bonds. The number of rotatable bonds is 3. The first-order valence-corrected chi connectivity index (χ1v) is 17.0. The second-order valence-electron chi connectivity index (χ2n) is 17.4. The molecule has 6 aliphatic rings. The molecule has 1 saturated heterocycles. The molecule has 5 fully saturated rings. The molecular formula is C36H56O8. The number of ether oxygens (including phenoxy) is 2. The van der Waals surface area contributed by atoms with Gasteiger partial charge in [0.25, 0.3) is 0 Å². The van der Waals surface area contributed by atoms with E-state index in [0.29, 0.717) is 18.8 Å². The van der Waals surface area contributed by atoms with Gasteiger partial charge in [0, 0.05) is 0 Å². The van der Waals surface area contributed by atoms with Gasteiger partial charge in [0.15, 0.2) is 0 Å². The topological polar surface area (TPSA) is 137 Å². The average Bonchev–Trinajstić information content (AvgIpc) is 2.95. The zero-order chi connectivity index (χ0) is 32.3. The van der Waals surface area contributed by atoms with Crippen molar-refractivity contribution in [1.29, 1.82) is 0 Å². The molecule has 5 N–H and O–H groups in total. The molecule has 6 rings (SSSR count). The maximum absolute atomic E-state index is 14.4. The van der Waals surface area contributed by atoms with Crippen LogP contribution in [0.2, 0.25) is 0 Å². The molecule has 5 aliphatic carbocycles. The summed E-state index contributed by atoms with van der Waals surface area (Å²) >= 11 is 0. The van der Waals surface area contributed by atoms with Gasteiger partial charge in [-0.3, -0.25) is 4.79 Å². The van der Waals surface area contributed by atoms with Gasteiger partial charge in [-0.2, -0.15) is 0 Å². The Morgan fingerprint density at radius 2 is 1.52 bits per heavy atom. The van der Waals surface area contributed by atoms with Crippen LogP contribution in [-0.2, 0) is 14.3 Å². The molecule has 0 aromatic carbocycles. The third-order valence-electron chi connectivity index (χ3n) is 14.5. The molecule has 0 aromatic rings. The standard InChI is InChI=1S/C36H56O8/c1-31(2)14-16-36(30(42)44-29-28(41)27(40)26(39)22(19-37)43-29)17-15-34(6)20(21(36)18-31)8-9-24-33(5)12-11-25(38)32(3,4)23(33)10-13-35(24,34)7/h8-9,21-23,25-29,37-41H,10-19H2,1-7H3. The fraction of sp³-hybridized carbons (Fsp3) is 0.861. The lowest BCUT2D eigenvalue weighted by Gasteiger charge is -2.68. The van der Waals surface area contributed by atoms with Gasteiger partial charge < -0.3 is 35.0 Å². The third-order valence-corrected chi connectivity index (χ3v) is 14.5. The van der Waals surface area contributed by atoms with E-state index in [2.05, 4.69) is 60.6 Å². The normalized spacial score (nSPS) is 51.0. The number of fused-ring (bicyclic) bond motifs is 7. The number of hydrogen-bond donors (Lipinski definition) is 5. The van der Waals surface area contributed by atoms with Crippen molar-refractivity contribution < 1.29 is 39.8 Å². The van der Waals surface area contributed by atoms with Gasteiger partial charge >= 0.3 is 5.97 Å². The molecule has 1 aliphatic heterocycles. The molecule has 12 atom stereocenters. The monoisotopic (exact) mass is 616 g/mol. The number of carbonyl (C=O) groups is 1. The molecule has 4 saturated carbocycles. The third kappa shape index (κ3) is 4.33. The molecule has 1 heterocycles. The summed E-state index contributed by atoms with van der Waals surface area (Å²) in [6.45, 7) is 15.8. The second-order valence-corrected chi connectivity index (χ2v) is 17.4. The summed E-state index contributed by atoms with van der Waals surface area (Å²) in [6.07, 6.45) is 4.87. The van der Waals surface area contributed by atoms with E-state index in [1.807, 2.05) is 0 Å². The number of carbonyl (C=O) groups excluding carboxylic acids is 1. The molecule has 8 heteroatoms. The van der Waals surface area contributed by atoms with Gasteiger partial charge in [0.2, 0.25) is 6.29 Å². The fourth-order valence-electron chi connectivity index (χ4n) is 11.3. The van der Waals surface area contributed by atoms with Gasteiger partial charge in [-0.1, -0.05) is 71.8 Å². The molecule has 0 aromatic heterocycles. The van der Waals surface area contributed by atoms with Crippen LogP contribution in [0.4, 0.5) is 0 Å². The largest absolute Gasteiger partial charge is 0.432 e. The van der Waals surface area contributed by atoms with Crippen molar-refractivity contribution in [2.45, 2.75) is 143 Å². The summed E-state index contributed by atoms with van der Waals surface area (Å²) in [7, 11) is 0. The van der Waals surface area contributed by atoms with Crippen LogP contribution in [0.3, 0.4) is 0 Å². The Balaban J connectivity index is 1.38. The summed E-state index contributed by atoms with van der Waals surface area (Å²) < 4.78 is 11.5. The van der Waals surface area contributed by atoms with Crippen LogP contribution < -0.4 is 0 Å². The van der Waals surface area contributed by atoms with Gasteiger partial charge in [-0.05, 0) is 96.7 Å². The van der Waals surface area contributed by atoms with E-state index < -0.39 is 48.7 Å². The van der Waals surface area contributed by atoms with Crippen LogP contribution in [0.15, 0.2) is 23.3 Å². The van der Waals surface area contributed by atoms with Crippen molar-refractivity contribution in [1.82, 2.24) is 0 Å². The molecular weight excluding hydrogens is 560 g/mol. The quantitative estimate of drug-likeness (QED) is 0.294. The lowest BCUT2D eigenvalue weighted by Crippen LogP contribution is -2.63. The molecule has 12 unspecified atom stereocenters. The van der Waals surface area contributed by atoms with Crippen molar-refractivity contribution in [2.24, 2.45) is 44.3 Å². The lowest BCUT2D eigenvalue weighted by molar-refractivity contribution is -0.297. The van der Waals surface area contributed by atoms with Crippen molar-refractivity contribution in [3.63, 3.8) is 0 Å². The maximum atomic E-state index is 14.4. The van der Waals surface area contributed by atoms with Gasteiger partial charge in [-0.15, -0.1) is 0 Å². The predicted octanol–water partition coefficient (Wildman–Crippen LogP) is 4.41.